The largest absolute Gasteiger partial charge is 0.489 e. The molecule has 0 spiro atoms. The van der Waals surface area contributed by atoms with Crippen LogP contribution < -0.4 is 15.8 Å². The van der Waals surface area contributed by atoms with Crippen molar-refractivity contribution < 1.29 is 23.9 Å². The molecule has 0 bridgehead atoms. The fraction of sp³-hybridized carbons (Fsp3) is 0.120. The molecule has 0 unspecified atom stereocenters. The molecule has 2 amide bonds. The number of hydrogen-bond donors (Lipinski definition) is 2. The Morgan fingerprint density at radius 3 is 2.74 bits per heavy atom. The van der Waals surface area contributed by atoms with Crippen LogP contribution in [0, 0.1) is 6.92 Å². The van der Waals surface area contributed by atoms with E-state index < -0.39 is 18.5 Å². The SMILES string of the molecule is Cc1ccc(NC(=O)c2cccc(Cl)c2)cc1OCc1csc2c(C(=O)OCC(N)=O)cncc12. The lowest BCUT2D eigenvalue weighted by atomic mass is 10.1. The number of ether oxygens (including phenoxy) is 2. The number of primary amides is 1. The van der Waals surface area contributed by atoms with Gasteiger partial charge >= 0.3 is 5.97 Å². The van der Waals surface area contributed by atoms with Crippen molar-refractivity contribution in [1.82, 2.24) is 4.98 Å². The van der Waals surface area contributed by atoms with E-state index in [4.69, 9.17) is 26.8 Å². The molecule has 0 fully saturated rings. The molecule has 4 rings (SSSR count). The van der Waals surface area contributed by atoms with Crippen molar-refractivity contribution in [3.8, 4) is 5.75 Å². The third-order valence-corrected chi connectivity index (χ3v) is 6.36. The quantitative estimate of drug-likeness (QED) is 0.331. The number of nitrogens with two attached hydrogens (primary N) is 1. The van der Waals surface area contributed by atoms with E-state index in [2.05, 4.69) is 10.3 Å². The van der Waals surface area contributed by atoms with Crippen LogP contribution in [0.2, 0.25) is 5.02 Å². The number of thiophene rings is 1. The van der Waals surface area contributed by atoms with Gasteiger partial charge in [-0.15, -0.1) is 11.3 Å². The number of benzene rings is 2. The standard InChI is InChI=1S/C25H20ClN3O5S/c1-14-5-6-18(29-24(31)15-3-2-4-17(26)7-15)8-21(14)33-11-16-13-35-23-19(16)9-28-10-20(23)25(32)34-12-22(27)30/h2-10,13H,11-12H2,1H3,(H2,27,30)(H,29,31). The highest BCUT2D eigenvalue weighted by Gasteiger charge is 2.17. The van der Waals surface area contributed by atoms with E-state index in [9.17, 15) is 14.4 Å². The lowest BCUT2D eigenvalue weighted by Crippen LogP contribution is -2.21. The number of carbonyl (C=O) groups is 3. The zero-order valence-electron chi connectivity index (χ0n) is 18.5. The van der Waals surface area contributed by atoms with Gasteiger partial charge in [-0.05, 0) is 42.1 Å². The van der Waals surface area contributed by atoms with Crippen LogP contribution in [0.25, 0.3) is 10.1 Å². The zero-order chi connectivity index (χ0) is 24.9. The third-order valence-electron chi connectivity index (χ3n) is 5.04. The van der Waals surface area contributed by atoms with Crippen molar-refractivity contribution in [3.05, 3.63) is 87.5 Å². The molecule has 2 aromatic carbocycles. The van der Waals surface area contributed by atoms with Crippen LogP contribution >= 0.6 is 22.9 Å². The highest BCUT2D eigenvalue weighted by atomic mass is 35.5. The number of esters is 1. The van der Waals surface area contributed by atoms with Gasteiger partial charge in [0.2, 0.25) is 0 Å². The molecule has 4 aromatic rings. The summed E-state index contributed by atoms with van der Waals surface area (Å²) in [4.78, 5) is 39.9. The maximum atomic E-state index is 12.5. The number of amides is 2. The van der Waals surface area contributed by atoms with Crippen molar-refractivity contribution in [1.29, 1.82) is 0 Å². The predicted molar refractivity (Wildman–Crippen MR) is 134 cm³/mol. The van der Waals surface area contributed by atoms with Crippen LogP contribution in [0.1, 0.15) is 31.8 Å². The minimum absolute atomic E-state index is 0.216. The normalized spacial score (nSPS) is 10.7. The number of nitrogens with zero attached hydrogens (tertiary/aromatic N) is 1. The van der Waals surface area contributed by atoms with Gasteiger partial charge in [0.05, 0.1) is 10.3 Å². The van der Waals surface area contributed by atoms with Gasteiger partial charge in [-0.25, -0.2) is 4.79 Å². The number of nitrogens with one attached hydrogen (secondary N) is 1. The van der Waals surface area contributed by atoms with E-state index >= 15 is 0 Å². The Balaban J connectivity index is 1.49. The Kier molecular flexibility index (Phi) is 7.28. The number of halogens is 1. The second kappa shape index (κ2) is 10.5. The molecule has 35 heavy (non-hydrogen) atoms. The van der Waals surface area contributed by atoms with Crippen LogP contribution in [0.5, 0.6) is 5.75 Å². The molecule has 0 atom stereocenters. The summed E-state index contributed by atoms with van der Waals surface area (Å²) < 4.78 is 11.6. The molecule has 0 saturated carbocycles. The van der Waals surface area contributed by atoms with Crippen LogP contribution in [0.4, 0.5) is 5.69 Å². The van der Waals surface area contributed by atoms with E-state index in [-0.39, 0.29) is 18.1 Å². The molecule has 0 radical (unpaired) electrons. The molecule has 0 aliphatic carbocycles. The van der Waals surface area contributed by atoms with Crippen molar-refractivity contribution in [2.24, 2.45) is 5.73 Å². The summed E-state index contributed by atoms with van der Waals surface area (Å²) in [6.45, 7) is 1.62. The lowest BCUT2D eigenvalue weighted by Gasteiger charge is -2.12. The van der Waals surface area contributed by atoms with Gasteiger partial charge in [-0.1, -0.05) is 23.7 Å². The Bertz CT molecular complexity index is 1440. The Hall–Kier alpha value is -3.95. The number of carbonyl (C=O) groups excluding carboxylic acids is 3. The highest BCUT2D eigenvalue weighted by molar-refractivity contribution is 7.17. The molecule has 0 aliphatic rings. The summed E-state index contributed by atoms with van der Waals surface area (Å²) in [6, 6.07) is 12.1. The maximum absolute atomic E-state index is 12.5. The number of aromatic nitrogens is 1. The number of pyridine rings is 1. The number of hydrogen-bond acceptors (Lipinski definition) is 7. The molecular formula is C25H20ClN3O5S. The van der Waals surface area contributed by atoms with Gasteiger partial charge in [-0.2, -0.15) is 0 Å². The summed E-state index contributed by atoms with van der Waals surface area (Å²) in [5, 5.41) is 5.94. The number of anilines is 1. The van der Waals surface area contributed by atoms with E-state index in [1.54, 1.807) is 42.6 Å². The molecule has 3 N–H and O–H groups in total. The first-order chi connectivity index (χ1) is 16.8. The molecule has 2 aromatic heterocycles. The third kappa shape index (κ3) is 5.76. The molecule has 178 valence electrons. The average molecular weight is 510 g/mol. The molecule has 0 saturated heterocycles. The van der Waals surface area contributed by atoms with Gasteiger partial charge < -0.3 is 20.5 Å². The number of rotatable bonds is 8. The Morgan fingerprint density at radius 1 is 1.14 bits per heavy atom. The molecular weight excluding hydrogens is 490 g/mol. The second-order valence-corrected chi connectivity index (χ2v) is 8.92. The minimum atomic E-state index is -0.736. The average Bonchev–Trinajstić information content (AvgIpc) is 3.26. The lowest BCUT2D eigenvalue weighted by molar-refractivity contribution is -0.121. The second-order valence-electron chi connectivity index (χ2n) is 7.60. The van der Waals surface area contributed by atoms with Gasteiger partial charge in [0.15, 0.2) is 6.61 Å². The Morgan fingerprint density at radius 2 is 1.97 bits per heavy atom. The topological polar surface area (TPSA) is 121 Å². The zero-order valence-corrected chi connectivity index (χ0v) is 20.1. The summed E-state index contributed by atoms with van der Waals surface area (Å²) >= 11 is 7.32. The van der Waals surface area contributed by atoms with Crippen LogP contribution in [-0.4, -0.2) is 29.4 Å². The van der Waals surface area contributed by atoms with Gasteiger partial charge in [0.1, 0.15) is 12.4 Å². The van der Waals surface area contributed by atoms with Crippen molar-refractivity contribution >= 4 is 56.5 Å². The summed E-state index contributed by atoms with van der Waals surface area (Å²) in [5.41, 5.74) is 8.03. The van der Waals surface area contributed by atoms with Crippen molar-refractivity contribution in [3.63, 3.8) is 0 Å². The van der Waals surface area contributed by atoms with Crippen molar-refractivity contribution in [2.75, 3.05) is 11.9 Å². The van der Waals surface area contributed by atoms with Gasteiger partial charge in [0, 0.05) is 45.7 Å². The Labute approximate surface area is 209 Å². The van der Waals surface area contributed by atoms with Crippen LogP contribution in [-0.2, 0) is 16.1 Å². The smallest absolute Gasteiger partial charge is 0.341 e. The molecule has 0 aliphatic heterocycles. The number of fused-ring (bicyclic) bond motifs is 1. The maximum Gasteiger partial charge on any atom is 0.341 e. The highest BCUT2D eigenvalue weighted by Crippen LogP contribution is 2.31. The first-order valence-corrected chi connectivity index (χ1v) is 11.7. The summed E-state index contributed by atoms with van der Waals surface area (Å²) in [6.07, 6.45) is 3.03. The van der Waals surface area contributed by atoms with Crippen molar-refractivity contribution in [2.45, 2.75) is 13.5 Å². The fourth-order valence-electron chi connectivity index (χ4n) is 3.29. The van der Waals surface area contributed by atoms with E-state index in [0.29, 0.717) is 26.7 Å². The van der Waals surface area contributed by atoms with E-state index in [1.807, 2.05) is 18.4 Å². The molecule has 8 nitrogen and oxygen atoms in total. The first kappa shape index (κ1) is 24.2. The number of aryl methyl sites for hydroxylation is 1. The molecule has 10 heteroatoms. The van der Waals surface area contributed by atoms with Crippen LogP contribution in [0.3, 0.4) is 0 Å². The van der Waals surface area contributed by atoms with Gasteiger partial charge in [-0.3, -0.25) is 14.6 Å². The summed E-state index contributed by atoms with van der Waals surface area (Å²) in [7, 11) is 0. The van der Waals surface area contributed by atoms with Gasteiger partial charge in [0.25, 0.3) is 11.8 Å². The van der Waals surface area contributed by atoms with E-state index in [0.717, 1.165) is 16.5 Å². The minimum Gasteiger partial charge on any atom is -0.489 e. The fourth-order valence-corrected chi connectivity index (χ4v) is 4.51. The first-order valence-electron chi connectivity index (χ1n) is 10.4. The van der Waals surface area contributed by atoms with Crippen LogP contribution in [0.15, 0.2) is 60.2 Å². The van der Waals surface area contributed by atoms with E-state index in [1.165, 1.54) is 17.5 Å². The monoisotopic (exact) mass is 509 g/mol. The summed E-state index contributed by atoms with van der Waals surface area (Å²) in [5.74, 6) is -1.10. The molecule has 2 heterocycles. The predicted octanol–water partition coefficient (Wildman–Crippen LogP) is 4.73.